The molecule has 2 aromatic carbocycles. The number of morpholine rings is 1. The number of halogens is 1. The Morgan fingerprint density at radius 3 is 2.47 bits per heavy atom. The lowest BCUT2D eigenvalue weighted by Gasteiger charge is -2.27. The molecule has 1 N–H and O–H groups in total. The molecule has 0 bridgehead atoms. The molecule has 6 nitrogen and oxygen atoms in total. The van der Waals surface area contributed by atoms with Crippen LogP contribution in [0.15, 0.2) is 54.6 Å². The molecule has 1 aliphatic heterocycles. The molecule has 0 saturated carbocycles. The largest absolute Gasteiger partial charge is 0.484 e. The number of amides is 2. The number of hydrogen-bond donors (Lipinski definition) is 1. The standard InChI is InChI=1S/C24H23ClN2O4S/c1-16-21(24(29)27-11-13-30-14-12-27)23(32-22(16)17-5-3-2-4-6-17)26-20(28)15-31-19-9-7-18(25)8-10-19/h2-10H,11-15H2,1H3,(H,26,28). The van der Waals surface area contributed by atoms with Crippen molar-refractivity contribution in [2.45, 2.75) is 6.92 Å². The molecule has 0 unspecified atom stereocenters. The monoisotopic (exact) mass is 470 g/mol. The summed E-state index contributed by atoms with van der Waals surface area (Å²) >= 11 is 7.28. The van der Waals surface area contributed by atoms with Crippen molar-refractivity contribution in [3.05, 3.63) is 70.7 Å². The Kier molecular flexibility index (Phi) is 7.09. The van der Waals surface area contributed by atoms with E-state index < -0.39 is 0 Å². The van der Waals surface area contributed by atoms with Crippen LogP contribution in [-0.4, -0.2) is 49.6 Å². The molecule has 0 atom stereocenters. The van der Waals surface area contributed by atoms with Crippen molar-refractivity contribution in [2.75, 3.05) is 38.2 Å². The van der Waals surface area contributed by atoms with Crippen molar-refractivity contribution in [3.8, 4) is 16.2 Å². The Morgan fingerprint density at radius 1 is 1.09 bits per heavy atom. The molecular weight excluding hydrogens is 448 g/mol. The topological polar surface area (TPSA) is 67.9 Å². The number of rotatable bonds is 6. The smallest absolute Gasteiger partial charge is 0.262 e. The Morgan fingerprint density at radius 2 is 1.78 bits per heavy atom. The zero-order valence-corrected chi connectivity index (χ0v) is 19.2. The van der Waals surface area contributed by atoms with E-state index in [1.807, 2.05) is 37.3 Å². The van der Waals surface area contributed by atoms with Gasteiger partial charge in [-0.05, 0) is 42.3 Å². The number of anilines is 1. The number of carbonyl (C=O) groups is 2. The minimum atomic E-state index is -0.336. The molecule has 2 amide bonds. The van der Waals surface area contributed by atoms with Crippen molar-refractivity contribution in [2.24, 2.45) is 0 Å². The summed E-state index contributed by atoms with van der Waals surface area (Å²) in [6.45, 7) is 3.83. The van der Waals surface area contributed by atoms with Crippen LogP contribution in [0.2, 0.25) is 5.02 Å². The summed E-state index contributed by atoms with van der Waals surface area (Å²) in [6.07, 6.45) is 0. The van der Waals surface area contributed by atoms with Gasteiger partial charge in [-0.2, -0.15) is 0 Å². The summed E-state index contributed by atoms with van der Waals surface area (Å²) in [5, 5.41) is 4.02. The molecule has 0 aliphatic carbocycles. The molecule has 8 heteroatoms. The highest BCUT2D eigenvalue weighted by molar-refractivity contribution is 7.20. The molecule has 166 valence electrons. The third-order valence-electron chi connectivity index (χ3n) is 5.13. The number of hydrogen-bond acceptors (Lipinski definition) is 5. The van der Waals surface area contributed by atoms with Gasteiger partial charge in [-0.25, -0.2) is 0 Å². The Hall–Kier alpha value is -2.87. The molecule has 3 aromatic rings. The molecule has 0 spiro atoms. The van der Waals surface area contributed by atoms with Crippen molar-refractivity contribution < 1.29 is 19.1 Å². The fourth-order valence-corrected chi connectivity index (χ4v) is 4.84. The van der Waals surface area contributed by atoms with E-state index in [-0.39, 0.29) is 18.4 Å². The SMILES string of the molecule is Cc1c(-c2ccccc2)sc(NC(=O)COc2ccc(Cl)cc2)c1C(=O)N1CCOCC1. The summed E-state index contributed by atoms with van der Waals surface area (Å²) in [4.78, 5) is 28.7. The number of ether oxygens (including phenoxy) is 2. The average molecular weight is 471 g/mol. The Bertz CT molecular complexity index is 1090. The van der Waals surface area contributed by atoms with Crippen LogP contribution in [0.25, 0.3) is 10.4 Å². The lowest BCUT2D eigenvalue weighted by atomic mass is 10.1. The second-order valence-electron chi connectivity index (χ2n) is 7.32. The first-order valence-corrected chi connectivity index (χ1v) is 11.5. The molecule has 1 fully saturated rings. The first kappa shape index (κ1) is 22.3. The second kappa shape index (κ2) is 10.2. The van der Waals surface area contributed by atoms with E-state index in [0.29, 0.717) is 47.6 Å². The van der Waals surface area contributed by atoms with E-state index in [1.54, 1.807) is 29.2 Å². The van der Waals surface area contributed by atoms with Crippen LogP contribution in [0.3, 0.4) is 0 Å². The van der Waals surface area contributed by atoms with Crippen LogP contribution in [0.4, 0.5) is 5.00 Å². The zero-order chi connectivity index (χ0) is 22.5. The molecule has 32 heavy (non-hydrogen) atoms. The summed E-state index contributed by atoms with van der Waals surface area (Å²) < 4.78 is 10.9. The van der Waals surface area contributed by atoms with E-state index in [2.05, 4.69) is 5.32 Å². The second-order valence-corrected chi connectivity index (χ2v) is 8.78. The van der Waals surface area contributed by atoms with Crippen molar-refractivity contribution >= 4 is 39.8 Å². The summed E-state index contributed by atoms with van der Waals surface area (Å²) in [7, 11) is 0. The molecule has 1 aliphatic rings. The van der Waals surface area contributed by atoms with E-state index in [1.165, 1.54) is 11.3 Å². The van der Waals surface area contributed by atoms with Crippen LogP contribution in [0.1, 0.15) is 15.9 Å². The summed E-state index contributed by atoms with van der Waals surface area (Å²) in [6, 6.07) is 16.6. The maximum Gasteiger partial charge on any atom is 0.262 e. The van der Waals surface area contributed by atoms with Crippen LogP contribution in [0.5, 0.6) is 5.75 Å². The first-order valence-electron chi connectivity index (χ1n) is 10.3. The number of carbonyl (C=O) groups excluding carboxylic acids is 2. The van der Waals surface area contributed by atoms with Gasteiger partial charge in [0.1, 0.15) is 10.8 Å². The number of thiophene rings is 1. The lowest BCUT2D eigenvalue weighted by molar-refractivity contribution is -0.118. The van der Waals surface area contributed by atoms with Crippen LogP contribution < -0.4 is 10.1 Å². The van der Waals surface area contributed by atoms with E-state index >= 15 is 0 Å². The third-order valence-corrected chi connectivity index (χ3v) is 6.64. The maximum absolute atomic E-state index is 13.4. The molecule has 4 rings (SSSR count). The fraction of sp³-hybridized carbons (Fsp3) is 0.250. The summed E-state index contributed by atoms with van der Waals surface area (Å²) in [5.41, 5.74) is 2.38. The van der Waals surface area contributed by atoms with Gasteiger partial charge < -0.3 is 19.7 Å². The predicted octanol–water partition coefficient (Wildman–Crippen LogP) is 4.87. The third kappa shape index (κ3) is 5.12. The summed E-state index contributed by atoms with van der Waals surface area (Å²) in [5.74, 6) is 0.108. The van der Waals surface area contributed by atoms with Gasteiger partial charge >= 0.3 is 0 Å². The average Bonchev–Trinajstić information content (AvgIpc) is 3.14. The van der Waals surface area contributed by atoms with E-state index in [9.17, 15) is 9.59 Å². The van der Waals surface area contributed by atoms with Crippen LogP contribution in [-0.2, 0) is 9.53 Å². The molecular formula is C24H23ClN2O4S. The van der Waals surface area contributed by atoms with Crippen molar-refractivity contribution in [1.82, 2.24) is 4.90 Å². The van der Waals surface area contributed by atoms with Crippen molar-refractivity contribution in [3.63, 3.8) is 0 Å². The maximum atomic E-state index is 13.4. The van der Waals surface area contributed by atoms with E-state index in [0.717, 1.165) is 16.0 Å². The highest BCUT2D eigenvalue weighted by atomic mass is 35.5. The minimum absolute atomic E-state index is 0.0989. The fourth-order valence-electron chi connectivity index (χ4n) is 3.49. The molecule has 1 aromatic heterocycles. The Balaban J connectivity index is 1.58. The lowest BCUT2D eigenvalue weighted by Crippen LogP contribution is -2.41. The number of nitrogens with one attached hydrogen (secondary N) is 1. The Labute approximate surface area is 195 Å². The van der Waals surface area contributed by atoms with Gasteiger partial charge in [0.15, 0.2) is 6.61 Å². The molecule has 0 radical (unpaired) electrons. The van der Waals surface area contributed by atoms with Crippen molar-refractivity contribution in [1.29, 1.82) is 0 Å². The van der Waals surface area contributed by atoms with Crippen LogP contribution >= 0.6 is 22.9 Å². The van der Waals surface area contributed by atoms with Gasteiger partial charge in [0.25, 0.3) is 11.8 Å². The van der Waals surface area contributed by atoms with Gasteiger partial charge in [-0.15, -0.1) is 11.3 Å². The number of benzene rings is 2. The first-order chi connectivity index (χ1) is 15.5. The van der Waals surface area contributed by atoms with Gasteiger partial charge in [-0.3, -0.25) is 9.59 Å². The zero-order valence-electron chi connectivity index (χ0n) is 17.6. The molecule has 1 saturated heterocycles. The number of nitrogens with zero attached hydrogens (tertiary/aromatic N) is 1. The van der Waals surface area contributed by atoms with Gasteiger partial charge in [0, 0.05) is 23.0 Å². The van der Waals surface area contributed by atoms with Gasteiger partial charge in [0.2, 0.25) is 0 Å². The van der Waals surface area contributed by atoms with Gasteiger partial charge in [-0.1, -0.05) is 41.9 Å². The normalized spacial score (nSPS) is 13.6. The van der Waals surface area contributed by atoms with Crippen LogP contribution in [0, 0.1) is 6.92 Å². The minimum Gasteiger partial charge on any atom is -0.484 e. The van der Waals surface area contributed by atoms with E-state index in [4.69, 9.17) is 21.1 Å². The molecule has 2 heterocycles. The quantitative estimate of drug-likeness (QED) is 0.558. The highest BCUT2D eigenvalue weighted by Crippen LogP contribution is 2.40. The predicted molar refractivity (Wildman–Crippen MR) is 127 cm³/mol. The highest BCUT2D eigenvalue weighted by Gasteiger charge is 2.28. The van der Waals surface area contributed by atoms with Gasteiger partial charge in [0.05, 0.1) is 18.8 Å².